The first-order valence-corrected chi connectivity index (χ1v) is 10.6. The zero-order valence-electron chi connectivity index (χ0n) is 19.2. The van der Waals surface area contributed by atoms with E-state index in [1.807, 2.05) is 20.8 Å². The molecule has 0 bridgehead atoms. The lowest BCUT2D eigenvalue weighted by molar-refractivity contribution is -0.00244. The lowest BCUT2D eigenvalue weighted by atomic mass is 10.1. The van der Waals surface area contributed by atoms with Crippen molar-refractivity contribution in [3.8, 4) is 11.5 Å². The number of nitrogens with zero attached hydrogens (tertiary/aromatic N) is 1. The molecule has 6 heteroatoms. The fourth-order valence-electron chi connectivity index (χ4n) is 2.73. The molecule has 0 N–H and O–H groups in total. The van der Waals surface area contributed by atoms with Gasteiger partial charge in [-0.15, -0.1) is 0 Å². The van der Waals surface area contributed by atoms with Crippen LogP contribution in [-0.4, -0.2) is 30.9 Å². The van der Waals surface area contributed by atoms with Gasteiger partial charge >= 0.3 is 11.9 Å². The number of aliphatic imine (C=N–C) groups is 1. The zero-order valence-corrected chi connectivity index (χ0v) is 19.2. The molecule has 6 nitrogen and oxygen atoms in total. The second-order valence-corrected chi connectivity index (χ2v) is 7.99. The molecule has 0 fully saturated rings. The highest BCUT2D eigenvalue weighted by Gasteiger charge is 2.21. The predicted molar refractivity (Wildman–Crippen MR) is 128 cm³/mol. The maximum absolute atomic E-state index is 12.3. The summed E-state index contributed by atoms with van der Waals surface area (Å²) in [5, 5.41) is 0. The summed E-state index contributed by atoms with van der Waals surface area (Å²) in [6.07, 6.45) is 2.43. The van der Waals surface area contributed by atoms with E-state index in [1.165, 1.54) is 0 Å². The molecule has 3 aromatic carbocycles. The molecule has 3 aromatic rings. The van der Waals surface area contributed by atoms with E-state index in [1.54, 1.807) is 86.1 Å². The Hall–Kier alpha value is -3.93. The Balaban J connectivity index is 1.58. The van der Waals surface area contributed by atoms with Crippen LogP contribution in [0.5, 0.6) is 11.5 Å². The Morgan fingerprint density at radius 1 is 0.818 bits per heavy atom. The standard InChI is InChI=1S/C27H27NO5/c1-5-27(2,3)33-26(30)21-8-12-22(13-9-21)28-18-19-6-14-24(15-7-19)32-25(29)20-10-16-23(31-4)17-11-20/h6-18H,5H2,1-4H3. The molecule has 0 aromatic heterocycles. The minimum atomic E-state index is -0.497. The summed E-state index contributed by atoms with van der Waals surface area (Å²) in [5.74, 6) is 0.313. The molecule has 0 unspecified atom stereocenters. The fraction of sp³-hybridized carbons (Fsp3) is 0.222. The Morgan fingerprint density at radius 3 is 1.94 bits per heavy atom. The number of rotatable bonds is 8. The van der Waals surface area contributed by atoms with E-state index in [2.05, 4.69) is 4.99 Å². The first kappa shape index (κ1) is 23.7. The number of carbonyl (C=O) groups is 2. The molecule has 0 heterocycles. The number of benzene rings is 3. The van der Waals surface area contributed by atoms with Crippen LogP contribution >= 0.6 is 0 Å². The van der Waals surface area contributed by atoms with Gasteiger partial charge in [0.15, 0.2) is 0 Å². The van der Waals surface area contributed by atoms with Gasteiger partial charge < -0.3 is 14.2 Å². The summed E-state index contributed by atoms with van der Waals surface area (Å²) < 4.78 is 16.0. The van der Waals surface area contributed by atoms with Crippen LogP contribution in [0.2, 0.25) is 0 Å². The van der Waals surface area contributed by atoms with Crippen molar-refractivity contribution in [3.63, 3.8) is 0 Å². The van der Waals surface area contributed by atoms with E-state index in [4.69, 9.17) is 14.2 Å². The van der Waals surface area contributed by atoms with Crippen LogP contribution in [-0.2, 0) is 4.74 Å². The van der Waals surface area contributed by atoms with Crippen molar-refractivity contribution in [1.29, 1.82) is 0 Å². The molecule has 0 spiro atoms. The summed E-state index contributed by atoms with van der Waals surface area (Å²) in [6, 6.07) is 20.6. The third-order valence-corrected chi connectivity index (χ3v) is 5.10. The summed E-state index contributed by atoms with van der Waals surface area (Å²) in [6.45, 7) is 5.74. The number of carbonyl (C=O) groups excluding carboxylic acids is 2. The first-order chi connectivity index (χ1) is 15.8. The number of esters is 2. The smallest absolute Gasteiger partial charge is 0.343 e. The molecule has 0 atom stereocenters. The molecular weight excluding hydrogens is 418 g/mol. The van der Waals surface area contributed by atoms with Crippen LogP contribution in [0, 0.1) is 0 Å². The molecule has 3 rings (SSSR count). The molecule has 0 aliphatic heterocycles. The van der Waals surface area contributed by atoms with E-state index >= 15 is 0 Å². The van der Waals surface area contributed by atoms with E-state index in [0.717, 1.165) is 12.0 Å². The lowest BCUT2D eigenvalue weighted by Crippen LogP contribution is -2.26. The van der Waals surface area contributed by atoms with Crippen molar-refractivity contribution >= 4 is 23.8 Å². The predicted octanol–water partition coefficient (Wildman–Crippen LogP) is 6.01. The average molecular weight is 446 g/mol. The fourth-order valence-corrected chi connectivity index (χ4v) is 2.73. The van der Waals surface area contributed by atoms with E-state index in [0.29, 0.717) is 28.3 Å². The Bertz CT molecular complexity index is 1110. The molecule has 0 aliphatic rings. The quantitative estimate of drug-likeness (QED) is 0.241. The highest BCUT2D eigenvalue weighted by Crippen LogP contribution is 2.20. The van der Waals surface area contributed by atoms with Crippen LogP contribution in [0.4, 0.5) is 5.69 Å². The van der Waals surface area contributed by atoms with Gasteiger partial charge in [0.2, 0.25) is 0 Å². The molecule has 0 aliphatic carbocycles. The van der Waals surface area contributed by atoms with Crippen molar-refractivity contribution in [2.45, 2.75) is 32.8 Å². The van der Waals surface area contributed by atoms with Crippen molar-refractivity contribution in [3.05, 3.63) is 89.5 Å². The summed E-state index contributed by atoms with van der Waals surface area (Å²) in [7, 11) is 1.57. The lowest BCUT2D eigenvalue weighted by Gasteiger charge is -2.23. The molecule has 33 heavy (non-hydrogen) atoms. The van der Waals surface area contributed by atoms with E-state index < -0.39 is 11.6 Å². The van der Waals surface area contributed by atoms with Crippen molar-refractivity contribution in [2.24, 2.45) is 4.99 Å². The summed E-state index contributed by atoms with van der Waals surface area (Å²) in [4.78, 5) is 28.9. The van der Waals surface area contributed by atoms with Crippen LogP contribution in [0.1, 0.15) is 53.5 Å². The van der Waals surface area contributed by atoms with Gasteiger partial charge in [0.1, 0.15) is 17.1 Å². The van der Waals surface area contributed by atoms with Gasteiger partial charge in [0, 0.05) is 6.21 Å². The molecular formula is C27H27NO5. The molecule has 170 valence electrons. The van der Waals surface area contributed by atoms with Gasteiger partial charge in [-0.3, -0.25) is 4.99 Å². The molecule has 0 saturated heterocycles. The summed E-state index contributed by atoms with van der Waals surface area (Å²) >= 11 is 0. The number of ether oxygens (including phenoxy) is 3. The van der Waals surface area contributed by atoms with Gasteiger partial charge in [-0.25, -0.2) is 9.59 Å². The minimum Gasteiger partial charge on any atom is -0.497 e. The number of hydrogen-bond donors (Lipinski definition) is 0. The summed E-state index contributed by atoms with van der Waals surface area (Å²) in [5.41, 5.74) is 1.97. The second-order valence-electron chi connectivity index (χ2n) is 7.99. The SMILES string of the molecule is CCC(C)(C)OC(=O)c1ccc(N=Cc2ccc(OC(=O)c3ccc(OC)cc3)cc2)cc1. The van der Waals surface area contributed by atoms with Gasteiger partial charge in [-0.2, -0.15) is 0 Å². The topological polar surface area (TPSA) is 74.2 Å². The Kier molecular flexibility index (Phi) is 7.61. The average Bonchev–Trinajstić information content (AvgIpc) is 2.83. The van der Waals surface area contributed by atoms with Crippen molar-refractivity contribution in [1.82, 2.24) is 0 Å². The van der Waals surface area contributed by atoms with Gasteiger partial charge in [-0.05, 0) is 98.6 Å². The van der Waals surface area contributed by atoms with Gasteiger partial charge in [-0.1, -0.05) is 6.92 Å². The van der Waals surface area contributed by atoms with Crippen LogP contribution in [0.25, 0.3) is 0 Å². The molecule has 0 radical (unpaired) electrons. The van der Waals surface area contributed by atoms with Crippen LogP contribution in [0.3, 0.4) is 0 Å². The van der Waals surface area contributed by atoms with E-state index in [-0.39, 0.29) is 5.97 Å². The second kappa shape index (κ2) is 10.6. The number of methoxy groups -OCH3 is 1. The molecule has 0 amide bonds. The van der Waals surface area contributed by atoms with Crippen molar-refractivity contribution in [2.75, 3.05) is 7.11 Å². The maximum Gasteiger partial charge on any atom is 0.343 e. The monoisotopic (exact) mass is 445 g/mol. The highest BCUT2D eigenvalue weighted by atomic mass is 16.6. The first-order valence-electron chi connectivity index (χ1n) is 10.6. The molecule has 0 saturated carbocycles. The van der Waals surface area contributed by atoms with Crippen LogP contribution in [0.15, 0.2) is 77.8 Å². The minimum absolute atomic E-state index is 0.350. The maximum atomic E-state index is 12.3. The third kappa shape index (κ3) is 6.77. The van der Waals surface area contributed by atoms with Gasteiger partial charge in [0.25, 0.3) is 0 Å². The Morgan fingerprint density at radius 2 is 1.36 bits per heavy atom. The third-order valence-electron chi connectivity index (χ3n) is 5.10. The number of hydrogen-bond acceptors (Lipinski definition) is 6. The van der Waals surface area contributed by atoms with Gasteiger partial charge in [0.05, 0.1) is 23.9 Å². The normalized spacial score (nSPS) is 11.3. The van der Waals surface area contributed by atoms with E-state index in [9.17, 15) is 9.59 Å². The van der Waals surface area contributed by atoms with Crippen molar-refractivity contribution < 1.29 is 23.8 Å². The largest absolute Gasteiger partial charge is 0.497 e. The Labute approximate surface area is 193 Å². The highest BCUT2D eigenvalue weighted by molar-refractivity contribution is 5.91. The van der Waals surface area contributed by atoms with Crippen LogP contribution < -0.4 is 9.47 Å². The zero-order chi connectivity index (χ0) is 23.8.